The van der Waals surface area contributed by atoms with Gasteiger partial charge in [-0.2, -0.15) is 0 Å². The number of hydrogen-bond donors (Lipinski definition) is 0. The molecule has 0 aliphatic heterocycles. The summed E-state index contributed by atoms with van der Waals surface area (Å²) < 4.78 is 2.28. The van der Waals surface area contributed by atoms with Crippen LogP contribution < -0.4 is 0 Å². The maximum atomic E-state index is 5.12. The second kappa shape index (κ2) is 12.5. The van der Waals surface area contributed by atoms with E-state index in [2.05, 4.69) is 155 Å². The summed E-state index contributed by atoms with van der Waals surface area (Å²) in [7, 11) is 0. The van der Waals surface area contributed by atoms with Gasteiger partial charge in [0.05, 0.1) is 11.0 Å². The number of fused-ring (bicyclic) bond motifs is 11. The molecule has 55 heavy (non-hydrogen) atoms. The summed E-state index contributed by atoms with van der Waals surface area (Å²) in [6, 6.07) is 51.9. The maximum Gasteiger partial charge on any atom is 2.00 e. The van der Waals surface area contributed by atoms with Crippen LogP contribution in [-0.4, -0.2) is 19.4 Å². The smallest absolute Gasteiger partial charge is 0.335 e. The molecule has 1 aliphatic carbocycles. The molecule has 0 unspecified atom stereocenters. The van der Waals surface area contributed by atoms with Gasteiger partial charge in [-0.15, -0.1) is 64.5 Å². The van der Waals surface area contributed by atoms with E-state index in [1.54, 1.807) is 0 Å². The Kier molecular flexibility index (Phi) is 8.05. The van der Waals surface area contributed by atoms with E-state index in [0.29, 0.717) is 0 Å². The first-order valence-electron chi connectivity index (χ1n) is 18.8. The second-order valence-electron chi connectivity index (χ2n) is 16.8. The molecule has 0 fully saturated rings. The monoisotopic (exact) mass is 891 g/mol. The maximum absolute atomic E-state index is 5.12. The number of benzene rings is 5. The number of aromatic nitrogens is 4. The predicted molar refractivity (Wildman–Crippen MR) is 221 cm³/mol. The minimum atomic E-state index is -0.751. The van der Waals surface area contributed by atoms with Crippen molar-refractivity contribution < 1.29 is 21.1 Å². The molecule has 4 heterocycles. The van der Waals surface area contributed by atoms with Crippen molar-refractivity contribution in [2.75, 3.05) is 0 Å². The van der Waals surface area contributed by atoms with Crippen molar-refractivity contribution in [1.82, 2.24) is 19.4 Å². The number of rotatable bonds is 3. The molecule has 270 valence electrons. The zero-order valence-electron chi connectivity index (χ0n) is 31.8. The summed E-state index contributed by atoms with van der Waals surface area (Å²) >= 11 is 0. The van der Waals surface area contributed by atoms with Gasteiger partial charge in [0.15, 0.2) is 0 Å². The molecule has 0 spiro atoms. The molecule has 9 aromatic rings. The Morgan fingerprint density at radius 3 is 1.95 bits per heavy atom. The van der Waals surface area contributed by atoms with Crippen LogP contribution in [0.25, 0.3) is 60.9 Å². The second-order valence-corrected chi connectivity index (χ2v) is 16.8. The van der Waals surface area contributed by atoms with Crippen LogP contribution in [0.1, 0.15) is 74.9 Å². The molecule has 0 radical (unpaired) electrons. The number of nitrogens with zero attached hydrogens (tertiary/aromatic N) is 4. The molecule has 4 aromatic heterocycles. The van der Waals surface area contributed by atoms with E-state index in [0.717, 1.165) is 60.9 Å². The van der Waals surface area contributed by atoms with Crippen molar-refractivity contribution in [3.8, 4) is 22.4 Å². The third-order valence-electron chi connectivity index (χ3n) is 11.4. The molecule has 4 nitrogen and oxygen atoms in total. The molecule has 0 bridgehead atoms. The summed E-state index contributed by atoms with van der Waals surface area (Å²) in [6.45, 7) is 13.8. The zero-order chi connectivity index (χ0) is 37.0. The Morgan fingerprint density at radius 1 is 0.582 bits per heavy atom. The van der Waals surface area contributed by atoms with Crippen molar-refractivity contribution >= 4 is 38.5 Å². The Hall–Kier alpha value is -5.44. The first-order chi connectivity index (χ1) is 26.0. The van der Waals surface area contributed by atoms with E-state index in [-0.39, 0.29) is 31.9 Å². The molecular formula is C50H40N4Pt. The SMILES string of the molecule is CC(C)(C)c1ccc2c(c1)C(c1[c-]c(-c3ccccn3)ccc1)(c1[c-]c3c4ncccc4c4nc5ccccc5n4c3cc1)c1cc(C(C)(C)C)ccc1-2.[Pt+2]. The molecule has 10 rings (SSSR count). The van der Waals surface area contributed by atoms with E-state index >= 15 is 0 Å². The summed E-state index contributed by atoms with van der Waals surface area (Å²) in [5, 5.41) is 1.97. The Labute approximate surface area is 336 Å². The van der Waals surface area contributed by atoms with Crippen molar-refractivity contribution in [3.05, 3.63) is 179 Å². The fourth-order valence-electron chi connectivity index (χ4n) is 8.65. The van der Waals surface area contributed by atoms with Gasteiger partial charge in [0, 0.05) is 28.7 Å². The number of para-hydroxylation sites is 2. The standard InChI is InChI=1S/C50H40N4.Pt/c1-48(2,3)32-19-22-36-37-23-20-33(49(4,5)6)30-41(37)50(40(36)29-32,34-14-11-13-31(27-34)42-16-9-10-25-51-42)35-21-24-44-39(28-35)46-38(15-12-26-52-46)47-53-43-17-7-8-18-45(43)54(44)47;/h7-26,29-30H,1-6H3;/q-2;+2. The van der Waals surface area contributed by atoms with Crippen molar-refractivity contribution in [1.29, 1.82) is 0 Å². The van der Waals surface area contributed by atoms with Crippen molar-refractivity contribution in [3.63, 3.8) is 0 Å². The fraction of sp³-hybridized carbons (Fsp3) is 0.180. The van der Waals surface area contributed by atoms with E-state index in [1.165, 1.54) is 33.4 Å². The van der Waals surface area contributed by atoms with E-state index < -0.39 is 5.41 Å². The van der Waals surface area contributed by atoms with Gasteiger partial charge in [0.1, 0.15) is 5.65 Å². The molecule has 0 saturated carbocycles. The predicted octanol–water partition coefficient (Wildman–Crippen LogP) is 11.8. The molecule has 5 aromatic carbocycles. The van der Waals surface area contributed by atoms with Gasteiger partial charge in [-0.3, -0.25) is 0 Å². The quantitative estimate of drug-likeness (QED) is 0.131. The molecule has 5 heteroatoms. The molecule has 0 amide bonds. The first-order valence-corrected chi connectivity index (χ1v) is 18.8. The largest absolute Gasteiger partial charge is 2.00 e. The molecule has 0 N–H and O–H groups in total. The van der Waals surface area contributed by atoms with E-state index in [1.807, 2.05) is 36.7 Å². The van der Waals surface area contributed by atoms with E-state index in [4.69, 9.17) is 15.0 Å². The third-order valence-corrected chi connectivity index (χ3v) is 11.4. The van der Waals surface area contributed by atoms with Crippen LogP contribution in [0.15, 0.2) is 134 Å². The molecule has 0 atom stereocenters. The summed E-state index contributed by atoms with van der Waals surface area (Å²) in [5.74, 6) is 0. The van der Waals surface area contributed by atoms with Gasteiger partial charge in [-0.05, 0) is 79.7 Å². The minimum absolute atomic E-state index is 0. The van der Waals surface area contributed by atoms with Crippen LogP contribution in [0.5, 0.6) is 0 Å². The topological polar surface area (TPSA) is 43.1 Å². The zero-order valence-corrected chi connectivity index (χ0v) is 34.1. The van der Waals surface area contributed by atoms with Gasteiger partial charge >= 0.3 is 21.1 Å². The Morgan fingerprint density at radius 2 is 1.25 bits per heavy atom. The van der Waals surface area contributed by atoms with Gasteiger partial charge in [-0.25, -0.2) is 4.98 Å². The average molecular weight is 892 g/mol. The van der Waals surface area contributed by atoms with Gasteiger partial charge in [-0.1, -0.05) is 108 Å². The Bertz CT molecular complexity index is 2900. The van der Waals surface area contributed by atoms with Gasteiger partial charge < -0.3 is 14.4 Å². The summed E-state index contributed by atoms with van der Waals surface area (Å²) in [5.41, 5.74) is 15.5. The average Bonchev–Trinajstić information content (AvgIpc) is 3.72. The number of pyridine rings is 3. The number of imidazole rings is 1. The van der Waals surface area contributed by atoms with Crippen LogP contribution >= 0.6 is 0 Å². The fourth-order valence-corrected chi connectivity index (χ4v) is 8.65. The van der Waals surface area contributed by atoms with Crippen LogP contribution in [0.4, 0.5) is 0 Å². The molecular weight excluding hydrogens is 852 g/mol. The summed E-state index contributed by atoms with van der Waals surface area (Å²) in [4.78, 5) is 14.9. The minimum Gasteiger partial charge on any atom is -0.335 e. The summed E-state index contributed by atoms with van der Waals surface area (Å²) in [6.07, 6.45) is 3.74. The van der Waals surface area contributed by atoms with Gasteiger partial charge in [0.2, 0.25) is 0 Å². The van der Waals surface area contributed by atoms with Crippen LogP contribution in [-0.2, 0) is 37.3 Å². The van der Waals surface area contributed by atoms with Gasteiger partial charge in [0.25, 0.3) is 0 Å². The normalized spacial score (nSPS) is 13.6. The van der Waals surface area contributed by atoms with Crippen molar-refractivity contribution in [2.24, 2.45) is 0 Å². The molecule has 1 aliphatic rings. The van der Waals surface area contributed by atoms with E-state index in [9.17, 15) is 0 Å². The molecule has 0 saturated heterocycles. The van der Waals surface area contributed by atoms with Crippen LogP contribution in [0.3, 0.4) is 0 Å². The van der Waals surface area contributed by atoms with Crippen LogP contribution in [0.2, 0.25) is 0 Å². The first kappa shape index (κ1) is 35.3. The van der Waals surface area contributed by atoms with Crippen molar-refractivity contribution in [2.45, 2.75) is 57.8 Å². The third kappa shape index (κ3) is 5.25. The Balaban J connectivity index is 0.00000397. The number of hydrogen-bond acceptors (Lipinski definition) is 3. The van der Waals surface area contributed by atoms with Crippen LogP contribution in [0, 0.1) is 12.1 Å².